The SMILES string of the molecule is CC.CC(=O)C1(c2ccccc2C)CCN(CCOc2ccc3c(c2)CN(C)C3=O)CC1. The van der Waals surface area contributed by atoms with Crippen molar-refractivity contribution in [3.8, 4) is 5.75 Å². The normalized spacial score (nSPS) is 17.4. The summed E-state index contributed by atoms with van der Waals surface area (Å²) in [5.74, 6) is 1.16. The van der Waals surface area contributed by atoms with Crippen LogP contribution in [0.15, 0.2) is 42.5 Å². The van der Waals surface area contributed by atoms with E-state index < -0.39 is 0 Å². The Morgan fingerprint density at radius 1 is 1.09 bits per heavy atom. The maximum atomic E-state index is 12.6. The molecule has 0 saturated carbocycles. The number of carbonyl (C=O) groups excluding carboxylic acids is 2. The summed E-state index contributed by atoms with van der Waals surface area (Å²) in [6.07, 6.45) is 1.70. The molecule has 4 rings (SSSR count). The van der Waals surface area contributed by atoms with E-state index in [0.29, 0.717) is 13.2 Å². The number of nitrogens with zero attached hydrogens (tertiary/aromatic N) is 2. The minimum Gasteiger partial charge on any atom is -0.492 e. The highest BCUT2D eigenvalue weighted by atomic mass is 16.5. The van der Waals surface area contributed by atoms with E-state index in [4.69, 9.17) is 4.74 Å². The van der Waals surface area contributed by atoms with E-state index >= 15 is 0 Å². The number of ether oxygens (including phenoxy) is 1. The predicted octanol–water partition coefficient (Wildman–Crippen LogP) is 4.61. The standard InChI is InChI=1S/C25H30N2O3.C2H6/c1-18-6-4-5-7-23(18)25(19(2)28)10-12-27(13-11-25)14-15-30-21-8-9-22-20(16-21)17-26(3)24(22)29;1-2/h4-9,16H,10-15,17H2,1-3H3;1-2H3. The van der Waals surface area contributed by atoms with Crippen LogP contribution in [0.2, 0.25) is 0 Å². The lowest BCUT2D eigenvalue weighted by molar-refractivity contribution is -0.124. The number of rotatable bonds is 6. The molecule has 2 aromatic rings. The van der Waals surface area contributed by atoms with Crippen molar-refractivity contribution in [2.24, 2.45) is 0 Å². The van der Waals surface area contributed by atoms with Crippen molar-refractivity contribution in [2.75, 3.05) is 33.3 Å². The third-order valence-corrected chi connectivity index (χ3v) is 6.78. The molecule has 0 aliphatic carbocycles. The van der Waals surface area contributed by atoms with E-state index in [-0.39, 0.29) is 17.1 Å². The Bertz CT molecular complexity index is 961. The molecule has 0 radical (unpaired) electrons. The number of ketones is 1. The van der Waals surface area contributed by atoms with Crippen LogP contribution in [0, 0.1) is 6.92 Å². The maximum absolute atomic E-state index is 12.6. The molecule has 2 aromatic carbocycles. The summed E-state index contributed by atoms with van der Waals surface area (Å²) in [5, 5.41) is 0. The zero-order chi connectivity index (χ0) is 23.3. The zero-order valence-corrected chi connectivity index (χ0v) is 20.1. The highest BCUT2D eigenvalue weighted by molar-refractivity contribution is 5.98. The van der Waals surface area contributed by atoms with Crippen molar-refractivity contribution in [1.82, 2.24) is 9.80 Å². The highest BCUT2D eigenvalue weighted by Crippen LogP contribution is 2.38. The predicted molar refractivity (Wildman–Crippen MR) is 128 cm³/mol. The number of benzene rings is 2. The van der Waals surface area contributed by atoms with Gasteiger partial charge in [0, 0.05) is 25.7 Å². The highest BCUT2D eigenvalue weighted by Gasteiger charge is 2.41. The molecule has 0 N–H and O–H groups in total. The maximum Gasteiger partial charge on any atom is 0.254 e. The van der Waals surface area contributed by atoms with Gasteiger partial charge in [-0.15, -0.1) is 0 Å². The quantitative estimate of drug-likeness (QED) is 0.664. The van der Waals surface area contributed by atoms with Gasteiger partial charge in [0.15, 0.2) is 0 Å². The van der Waals surface area contributed by atoms with E-state index in [1.165, 1.54) is 11.1 Å². The van der Waals surface area contributed by atoms with Crippen molar-refractivity contribution in [2.45, 2.75) is 52.5 Å². The third-order valence-electron chi connectivity index (χ3n) is 6.78. The summed E-state index contributed by atoms with van der Waals surface area (Å²) >= 11 is 0. The van der Waals surface area contributed by atoms with E-state index in [1.807, 2.05) is 51.2 Å². The van der Waals surface area contributed by atoms with Crippen LogP contribution in [-0.2, 0) is 16.8 Å². The lowest BCUT2D eigenvalue weighted by atomic mass is 9.69. The Labute approximate surface area is 192 Å². The molecule has 0 unspecified atom stereocenters. The monoisotopic (exact) mass is 436 g/mol. The first-order chi connectivity index (χ1) is 15.4. The van der Waals surface area contributed by atoms with Gasteiger partial charge in [0.1, 0.15) is 18.1 Å². The summed E-state index contributed by atoms with van der Waals surface area (Å²) in [6.45, 7) is 11.7. The van der Waals surface area contributed by atoms with E-state index in [0.717, 1.165) is 49.4 Å². The summed E-state index contributed by atoms with van der Waals surface area (Å²) in [6, 6.07) is 14.0. The lowest BCUT2D eigenvalue weighted by Gasteiger charge is -2.41. The number of likely N-dealkylation sites (tertiary alicyclic amines) is 1. The fourth-order valence-electron chi connectivity index (χ4n) is 4.90. The van der Waals surface area contributed by atoms with Crippen LogP contribution in [0.25, 0.3) is 0 Å². The number of fused-ring (bicyclic) bond motifs is 1. The van der Waals surface area contributed by atoms with Gasteiger partial charge in [0.2, 0.25) is 0 Å². The Kier molecular flexibility index (Phi) is 7.73. The molecule has 2 aliphatic rings. The molecular weight excluding hydrogens is 400 g/mol. The number of hydrogen-bond donors (Lipinski definition) is 0. The Hall–Kier alpha value is -2.66. The van der Waals surface area contributed by atoms with Crippen LogP contribution in [0.3, 0.4) is 0 Å². The van der Waals surface area contributed by atoms with Gasteiger partial charge in [-0.2, -0.15) is 0 Å². The molecule has 172 valence electrons. The number of Topliss-reactive ketones (excluding diaryl/α,β-unsaturated/α-hetero) is 1. The van der Waals surface area contributed by atoms with Gasteiger partial charge in [-0.1, -0.05) is 38.1 Å². The Balaban J connectivity index is 0.00000141. The van der Waals surface area contributed by atoms with Crippen LogP contribution in [0.4, 0.5) is 0 Å². The zero-order valence-electron chi connectivity index (χ0n) is 20.1. The van der Waals surface area contributed by atoms with E-state index in [2.05, 4.69) is 24.0 Å². The fourth-order valence-corrected chi connectivity index (χ4v) is 4.90. The first-order valence-electron chi connectivity index (χ1n) is 11.7. The molecule has 0 spiro atoms. The van der Waals surface area contributed by atoms with Crippen LogP contribution in [0.1, 0.15) is 60.7 Å². The Morgan fingerprint density at radius 2 is 1.78 bits per heavy atom. The van der Waals surface area contributed by atoms with Crippen LogP contribution >= 0.6 is 0 Å². The van der Waals surface area contributed by atoms with E-state index in [1.54, 1.807) is 11.8 Å². The van der Waals surface area contributed by atoms with Gasteiger partial charge in [-0.05, 0) is 74.7 Å². The molecule has 1 saturated heterocycles. The molecule has 2 aliphatic heterocycles. The molecule has 1 amide bonds. The number of piperidine rings is 1. The van der Waals surface area contributed by atoms with Crippen LogP contribution < -0.4 is 4.74 Å². The molecule has 32 heavy (non-hydrogen) atoms. The molecule has 0 bridgehead atoms. The number of aryl methyl sites for hydroxylation is 1. The molecular formula is C27H36N2O3. The van der Waals surface area contributed by atoms with Crippen molar-refractivity contribution < 1.29 is 14.3 Å². The number of carbonyl (C=O) groups is 2. The summed E-state index contributed by atoms with van der Waals surface area (Å²) in [7, 11) is 1.82. The van der Waals surface area contributed by atoms with Gasteiger partial charge >= 0.3 is 0 Å². The topological polar surface area (TPSA) is 49.9 Å². The molecule has 0 aromatic heterocycles. The smallest absolute Gasteiger partial charge is 0.254 e. The summed E-state index contributed by atoms with van der Waals surface area (Å²) in [4.78, 5) is 28.8. The number of amides is 1. The molecule has 5 heteroatoms. The summed E-state index contributed by atoms with van der Waals surface area (Å²) in [5.41, 5.74) is 3.83. The summed E-state index contributed by atoms with van der Waals surface area (Å²) < 4.78 is 5.97. The largest absolute Gasteiger partial charge is 0.492 e. The second kappa shape index (κ2) is 10.3. The van der Waals surface area contributed by atoms with Gasteiger partial charge in [-0.3, -0.25) is 14.5 Å². The van der Waals surface area contributed by atoms with Crippen LogP contribution in [0.5, 0.6) is 5.75 Å². The van der Waals surface area contributed by atoms with E-state index in [9.17, 15) is 9.59 Å². The first kappa shape index (κ1) is 24.0. The van der Waals surface area contributed by atoms with Crippen molar-refractivity contribution in [1.29, 1.82) is 0 Å². The molecule has 1 fully saturated rings. The van der Waals surface area contributed by atoms with Gasteiger partial charge in [0.05, 0.1) is 5.41 Å². The fraction of sp³-hybridized carbons (Fsp3) is 0.481. The molecule has 0 atom stereocenters. The van der Waals surface area contributed by atoms with Crippen molar-refractivity contribution in [3.05, 3.63) is 64.7 Å². The minimum absolute atomic E-state index is 0.0764. The van der Waals surface area contributed by atoms with Crippen LogP contribution in [-0.4, -0.2) is 54.8 Å². The lowest BCUT2D eigenvalue weighted by Crippen LogP contribution is -2.47. The molecule has 5 nitrogen and oxygen atoms in total. The molecule has 2 heterocycles. The van der Waals surface area contributed by atoms with Crippen molar-refractivity contribution >= 4 is 11.7 Å². The third kappa shape index (κ3) is 4.73. The van der Waals surface area contributed by atoms with Gasteiger partial charge in [0.25, 0.3) is 5.91 Å². The van der Waals surface area contributed by atoms with Crippen molar-refractivity contribution in [3.63, 3.8) is 0 Å². The second-order valence-corrected chi connectivity index (χ2v) is 8.62. The minimum atomic E-state index is -0.360. The average Bonchev–Trinajstić information content (AvgIpc) is 3.09. The number of hydrogen-bond acceptors (Lipinski definition) is 4. The average molecular weight is 437 g/mol. The Morgan fingerprint density at radius 3 is 2.44 bits per heavy atom. The van der Waals surface area contributed by atoms with Gasteiger partial charge in [-0.25, -0.2) is 0 Å². The second-order valence-electron chi connectivity index (χ2n) is 8.62. The van der Waals surface area contributed by atoms with Gasteiger partial charge < -0.3 is 9.64 Å². The first-order valence-corrected chi connectivity index (χ1v) is 11.7.